The van der Waals surface area contributed by atoms with Crippen LogP contribution in [0.5, 0.6) is 0 Å². The Kier molecular flexibility index (Phi) is 3.95. The lowest BCUT2D eigenvalue weighted by Crippen LogP contribution is -2.30. The third-order valence-electron chi connectivity index (χ3n) is 1.88. The lowest BCUT2D eigenvalue weighted by Gasteiger charge is -2.15. The number of hydrogen-bond acceptors (Lipinski definition) is 2. The van der Waals surface area contributed by atoms with Crippen LogP contribution in [0.1, 0.15) is 19.4 Å². The number of benzene rings is 1. The molecule has 0 bridgehead atoms. The molecule has 0 unspecified atom stereocenters. The molecule has 1 aromatic rings. The Bertz CT molecular complexity index is 460. The van der Waals surface area contributed by atoms with Crippen LogP contribution in [0.25, 0.3) is 0 Å². The zero-order valence-electron chi connectivity index (χ0n) is 8.84. The molecule has 0 saturated carbocycles. The van der Waals surface area contributed by atoms with E-state index in [0.29, 0.717) is 16.3 Å². The Hall–Kier alpha value is -1.05. The summed E-state index contributed by atoms with van der Waals surface area (Å²) in [6.45, 7) is 3.48. The van der Waals surface area contributed by atoms with Gasteiger partial charge in [0, 0.05) is 5.69 Å². The van der Waals surface area contributed by atoms with Crippen molar-refractivity contribution in [1.82, 2.24) is 0 Å². The van der Waals surface area contributed by atoms with E-state index >= 15 is 0 Å². The minimum Gasteiger partial charge on any atom is -0.325 e. The van der Waals surface area contributed by atoms with Crippen molar-refractivity contribution in [2.24, 2.45) is 0 Å². The van der Waals surface area contributed by atoms with E-state index in [9.17, 15) is 4.79 Å². The number of nitrogens with one attached hydrogen (secondary N) is 1. The van der Waals surface area contributed by atoms with E-state index in [2.05, 4.69) is 21.2 Å². The van der Waals surface area contributed by atoms with Crippen LogP contribution in [-0.4, -0.2) is 10.2 Å². The number of nitrogens with zero attached hydrogens (tertiary/aromatic N) is 1. The van der Waals surface area contributed by atoms with Gasteiger partial charge < -0.3 is 5.32 Å². The largest absolute Gasteiger partial charge is 0.325 e. The zero-order chi connectivity index (χ0) is 12.3. The van der Waals surface area contributed by atoms with Crippen molar-refractivity contribution in [2.45, 2.75) is 18.2 Å². The average molecular weight is 302 g/mol. The number of amides is 1. The first-order valence-electron chi connectivity index (χ1n) is 4.54. The van der Waals surface area contributed by atoms with Gasteiger partial charge in [-0.1, -0.05) is 27.5 Å². The Balaban J connectivity index is 2.92. The first-order chi connectivity index (χ1) is 7.34. The number of alkyl halides is 1. The van der Waals surface area contributed by atoms with E-state index in [1.807, 2.05) is 6.07 Å². The summed E-state index contributed by atoms with van der Waals surface area (Å²) >= 11 is 9.03. The summed E-state index contributed by atoms with van der Waals surface area (Å²) in [6, 6.07) is 6.73. The third-order valence-corrected chi connectivity index (χ3v) is 2.57. The number of hydrogen-bond donors (Lipinski definition) is 1. The number of carbonyl (C=O) groups excluding carboxylic acids is 1. The highest BCUT2D eigenvalue weighted by molar-refractivity contribution is 9.10. The molecule has 1 rings (SSSR count). The summed E-state index contributed by atoms with van der Waals surface area (Å²) in [5.74, 6) is -0.182. The van der Waals surface area contributed by atoms with Crippen molar-refractivity contribution in [2.75, 3.05) is 5.32 Å². The van der Waals surface area contributed by atoms with Gasteiger partial charge in [0.2, 0.25) is 5.91 Å². The van der Waals surface area contributed by atoms with Gasteiger partial charge in [-0.15, -0.1) is 0 Å². The van der Waals surface area contributed by atoms with Gasteiger partial charge in [0.1, 0.15) is 6.07 Å². The maximum atomic E-state index is 11.6. The fraction of sp³-hybridized carbons (Fsp3) is 0.273. The van der Waals surface area contributed by atoms with Crippen molar-refractivity contribution in [1.29, 1.82) is 5.26 Å². The van der Waals surface area contributed by atoms with E-state index in [0.717, 1.165) is 0 Å². The van der Waals surface area contributed by atoms with Crippen molar-refractivity contribution in [3.63, 3.8) is 0 Å². The first kappa shape index (κ1) is 13.0. The van der Waals surface area contributed by atoms with Crippen LogP contribution in [0.2, 0.25) is 5.02 Å². The molecule has 16 heavy (non-hydrogen) atoms. The lowest BCUT2D eigenvalue weighted by atomic mass is 10.1. The molecule has 1 amide bonds. The normalized spacial score (nSPS) is 10.7. The van der Waals surface area contributed by atoms with E-state index < -0.39 is 4.32 Å². The van der Waals surface area contributed by atoms with Crippen molar-refractivity contribution in [3.05, 3.63) is 28.8 Å². The van der Waals surface area contributed by atoms with Gasteiger partial charge in [0.05, 0.1) is 14.9 Å². The van der Waals surface area contributed by atoms with Gasteiger partial charge in [-0.25, -0.2) is 0 Å². The van der Waals surface area contributed by atoms with Gasteiger partial charge >= 0.3 is 0 Å². The summed E-state index contributed by atoms with van der Waals surface area (Å²) < 4.78 is -0.653. The number of nitriles is 1. The van der Waals surface area contributed by atoms with Crippen molar-refractivity contribution >= 4 is 39.1 Å². The molecule has 5 heteroatoms. The summed E-state index contributed by atoms with van der Waals surface area (Å²) in [5, 5.41) is 11.8. The Morgan fingerprint density at radius 3 is 2.69 bits per heavy atom. The topological polar surface area (TPSA) is 52.9 Å². The van der Waals surface area contributed by atoms with E-state index in [4.69, 9.17) is 16.9 Å². The fourth-order valence-corrected chi connectivity index (χ4v) is 1.23. The monoisotopic (exact) mass is 300 g/mol. The summed E-state index contributed by atoms with van der Waals surface area (Å²) in [6.07, 6.45) is 0. The summed E-state index contributed by atoms with van der Waals surface area (Å²) in [4.78, 5) is 11.6. The van der Waals surface area contributed by atoms with Crippen LogP contribution in [0.4, 0.5) is 5.69 Å². The van der Waals surface area contributed by atoms with Crippen LogP contribution >= 0.6 is 27.5 Å². The number of halogens is 2. The third kappa shape index (κ3) is 3.22. The molecule has 0 heterocycles. The molecule has 0 aromatic heterocycles. The summed E-state index contributed by atoms with van der Waals surface area (Å²) in [5.41, 5.74) is 0.894. The number of anilines is 1. The van der Waals surface area contributed by atoms with Crippen LogP contribution in [0.15, 0.2) is 18.2 Å². The predicted octanol–water partition coefficient (Wildman–Crippen LogP) is 3.32. The van der Waals surface area contributed by atoms with Gasteiger partial charge in [-0.3, -0.25) is 4.79 Å². The van der Waals surface area contributed by atoms with E-state index in [-0.39, 0.29) is 5.91 Å². The van der Waals surface area contributed by atoms with E-state index in [1.165, 1.54) is 0 Å². The molecule has 0 radical (unpaired) electrons. The maximum Gasteiger partial charge on any atom is 0.240 e. The van der Waals surface area contributed by atoms with Crippen LogP contribution in [0, 0.1) is 11.3 Å². The average Bonchev–Trinajstić information content (AvgIpc) is 2.19. The molecule has 1 N–H and O–H groups in total. The van der Waals surface area contributed by atoms with Gasteiger partial charge in [0.25, 0.3) is 0 Å². The zero-order valence-corrected chi connectivity index (χ0v) is 11.2. The SMILES string of the molecule is CC(C)(Br)C(=O)Nc1ccc(Cl)c(C#N)c1. The minimum atomic E-state index is -0.653. The van der Waals surface area contributed by atoms with Crippen molar-refractivity contribution in [3.8, 4) is 6.07 Å². The van der Waals surface area contributed by atoms with Crippen LogP contribution in [0.3, 0.4) is 0 Å². The molecule has 3 nitrogen and oxygen atoms in total. The second-order valence-corrected chi connectivity index (χ2v) is 6.12. The predicted molar refractivity (Wildman–Crippen MR) is 67.8 cm³/mol. The maximum absolute atomic E-state index is 11.6. The fourth-order valence-electron chi connectivity index (χ4n) is 0.968. The standard InChI is InChI=1S/C11H10BrClN2O/c1-11(2,12)10(16)15-8-3-4-9(13)7(5-8)6-14/h3-5H,1-2H3,(H,15,16). The number of rotatable bonds is 2. The van der Waals surface area contributed by atoms with Crippen LogP contribution < -0.4 is 5.32 Å². The molecular formula is C11H10BrClN2O. The Morgan fingerprint density at radius 1 is 1.56 bits per heavy atom. The smallest absolute Gasteiger partial charge is 0.240 e. The molecule has 84 valence electrons. The molecule has 0 aliphatic rings. The summed E-state index contributed by atoms with van der Waals surface area (Å²) in [7, 11) is 0. The highest BCUT2D eigenvalue weighted by atomic mass is 79.9. The second kappa shape index (κ2) is 4.86. The highest BCUT2D eigenvalue weighted by Crippen LogP contribution is 2.22. The minimum absolute atomic E-state index is 0.182. The molecule has 1 aromatic carbocycles. The highest BCUT2D eigenvalue weighted by Gasteiger charge is 2.23. The molecule has 0 spiro atoms. The lowest BCUT2D eigenvalue weighted by molar-refractivity contribution is -0.117. The molecule has 0 saturated heterocycles. The first-order valence-corrected chi connectivity index (χ1v) is 5.71. The molecule has 0 fully saturated rings. The van der Waals surface area contributed by atoms with Gasteiger partial charge in [0.15, 0.2) is 0 Å². The Labute approximate surface area is 108 Å². The molecule has 0 aliphatic heterocycles. The van der Waals surface area contributed by atoms with Crippen molar-refractivity contribution < 1.29 is 4.79 Å². The van der Waals surface area contributed by atoms with Crippen LogP contribution in [-0.2, 0) is 4.79 Å². The number of carbonyl (C=O) groups is 1. The molecular weight excluding hydrogens is 291 g/mol. The van der Waals surface area contributed by atoms with Gasteiger partial charge in [-0.2, -0.15) is 5.26 Å². The molecule has 0 atom stereocenters. The quantitative estimate of drug-likeness (QED) is 0.852. The van der Waals surface area contributed by atoms with Gasteiger partial charge in [-0.05, 0) is 32.0 Å². The second-order valence-electron chi connectivity index (χ2n) is 3.73. The Morgan fingerprint density at radius 2 is 2.19 bits per heavy atom. The molecule has 0 aliphatic carbocycles. The van der Waals surface area contributed by atoms with E-state index in [1.54, 1.807) is 32.0 Å².